The molecule has 0 saturated carbocycles. The quantitative estimate of drug-likeness (QED) is 0.155. The Balaban J connectivity index is 1.78. The third kappa shape index (κ3) is 8.02. The van der Waals surface area contributed by atoms with Crippen molar-refractivity contribution in [2.24, 2.45) is 16.5 Å². The van der Waals surface area contributed by atoms with Crippen LogP contribution < -0.4 is 16.2 Å². The van der Waals surface area contributed by atoms with Crippen LogP contribution in [0.1, 0.15) is 37.0 Å². The lowest BCUT2D eigenvalue weighted by Crippen LogP contribution is -2.21. The molecule has 0 aliphatic carbocycles. The van der Waals surface area contributed by atoms with Crippen LogP contribution in [0.5, 0.6) is 5.75 Å². The topological polar surface area (TPSA) is 99.9 Å². The second-order valence-corrected chi connectivity index (χ2v) is 7.59. The summed E-state index contributed by atoms with van der Waals surface area (Å²) in [7, 11) is 0. The second kappa shape index (κ2) is 11.4. The molecule has 0 aliphatic rings. The van der Waals surface area contributed by atoms with E-state index < -0.39 is 5.97 Å². The molecule has 4 N–H and O–H groups in total. The molecule has 0 heterocycles. The van der Waals surface area contributed by atoms with Gasteiger partial charge < -0.3 is 20.9 Å². The molecule has 6 nitrogen and oxygen atoms in total. The van der Waals surface area contributed by atoms with Gasteiger partial charge in [-0.05, 0) is 81.0 Å². The van der Waals surface area contributed by atoms with Crippen molar-refractivity contribution in [2.75, 3.05) is 12.4 Å². The summed E-state index contributed by atoms with van der Waals surface area (Å²) < 4.78 is 10.9. The highest BCUT2D eigenvalue weighted by Crippen LogP contribution is 2.23. The number of guanidine groups is 1. The van der Waals surface area contributed by atoms with Gasteiger partial charge in [-0.15, -0.1) is 11.8 Å². The Bertz CT molecular complexity index is 770. The highest BCUT2D eigenvalue weighted by atomic mass is 32.2. The molecule has 0 atom stereocenters. The van der Waals surface area contributed by atoms with Gasteiger partial charge in [-0.25, -0.2) is 9.79 Å². The summed E-state index contributed by atoms with van der Waals surface area (Å²) in [5, 5.41) is 0. The van der Waals surface area contributed by atoms with Gasteiger partial charge in [0.15, 0.2) is 5.96 Å². The summed E-state index contributed by atoms with van der Waals surface area (Å²) in [5.74, 6) is 1.08. The molecule has 0 saturated heterocycles. The van der Waals surface area contributed by atoms with Crippen molar-refractivity contribution in [2.45, 2.75) is 37.7 Å². The summed E-state index contributed by atoms with van der Waals surface area (Å²) >= 11 is 1.78. The highest BCUT2D eigenvalue weighted by molar-refractivity contribution is 7.99. The first-order valence-electron chi connectivity index (χ1n) is 9.20. The first kappa shape index (κ1) is 21.8. The molecule has 2 aromatic rings. The molecule has 0 unspecified atom stereocenters. The molecular formula is C21H27N3O3S. The van der Waals surface area contributed by atoms with Crippen molar-refractivity contribution in [3.8, 4) is 5.75 Å². The second-order valence-electron chi connectivity index (χ2n) is 6.42. The van der Waals surface area contributed by atoms with E-state index in [9.17, 15) is 4.79 Å². The number of thioether (sulfide) groups is 1. The minimum Gasteiger partial charge on any atom is -0.423 e. The van der Waals surface area contributed by atoms with E-state index in [-0.39, 0.29) is 5.96 Å². The highest BCUT2D eigenvalue weighted by Gasteiger charge is 2.08. The zero-order valence-corrected chi connectivity index (χ0v) is 17.1. The van der Waals surface area contributed by atoms with Crippen molar-refractivity contribution in [1.82, 2.24) is 0 Å². The number of unbranched alkanes of at least 4 members (excludes halogenated alkanes) is 1. The number of benzene rings is 2. The van der Waals surface area contributed by atoms with Crippen LogP contribution in [-0.4, -0.2) is 30.4 Å². The summed E-state index contributed by atoms with van der Waals surface area (Å²) in [6.45, 7) is 4.90. The van der Waals surface area contributed by atoms with Crippen molar-refractivity contribution in [3.63, 3.8) is 0 Å². The monoisotopic (exact) mass is 401 g/mol. The Kier molecular flexibility index (Phi) is 8.84. The number of nitrogens with zero attached hydrogens (tertiary/aromatic N) is 1. The number of ether oxygens (including phenoxy) is 2. The van der Waals surface area contributed by atoms with E-state index in [1.54, 1.807) is 48.2 Å². The van der Waals surface area contributed by atoms with E-state index in [4.69, 9.17) is 20.9 Å². The predicted molar refractivity (Wildman–Crippen MR) is 114 cm³/mol. The fourth-order valence-corrected chi connectivity index (χ4v) is 3.22. The van der Waals surface area contributed by atoms with Crippen LogP contribution in [0.25, 0.3) is 0 Å². The standard InChI is InChI=1S/C21H27N3O3S/c1-15(2)26-13-3-4-14-28-19-11-9-18(10-12-19)27-20(25)16-5-7-17(8-6-16)24-21(22)23/h5-12,15H,3-4,13-14H2,1-2H3,(H4,22,23,24). The van der Waals surface area contributed by atoms with Gasteiger partial charge in [0.25, 0.3) is 0 Å². The number of hydrogen-bond donors (Lipinski definition) is 2. The zero-order valence-electron chi connectivity index (χ0n) is 16.3. The van der Waals surface area contributed by atoms with E-state index in [2.05, 4.69) is 4.99 Å². The predicted octanol–water partition coefficient (Wildman–Crippen LogP) is 4.11. The first-order chi connectivity index (χ1) is 13.4. The van der Waals surface area contributed by atoms with Crippen LogP contribution in [0.3, 0.4) is 0 Å². The molecule has 0 bridgehead atoms. The summed E-state index contributed by atoms with van der Waals surface area (Å²) in [6.07, 6.45) is 2.45. The summed E-state index contributed by atoms with van der Waals surface area (Å²) in [4.78, 5) is 17.3. The molecule has 150 valence electrons. The van der Waals surface area contributed by atoms with Crippen LogP contribution in [0, 0.1) is 0 Å². The van der Waals surface area contributed by atoms with Crippen LogP contribution in [0.4, 0.5) is 5.69 Å². The molecule has 2 rings (SSSR count). The Morgan fingerprint density at radius 2 is 1.71 bits per heavy atom. The van der Waals surface area contributed by atoms with E-state index in [0.717, 1.165) is 30.1 Å². The van der Waals surface area contributed by atoms with Gasteiger partial charge in [-0.1, -0.05) is 0 Å². The van der Waals surface area contributed by atoms with Gasteiger partial charge in [0.05, 0.1) is 17.4 Å². The fourth-order valence-electron chi connectivity index (χ4n) is 2.30. The average Bonchev–Trinajstić information content (AvgIpc) is 2.65. The van der Waals surface area contributed by atoms with Gasteiger partial charge in [0.1, 0.15) is 5.75 Å². The average molecular weight is 402 g/mol. The number of aliphatic imine (C=N–C) groups is 1. The SMILES string of the molecule is CC(C)OCCCCSc1ccc(OC(=O)c2ccc(N=C(N)N)cc2)cc1. The molecule has 7 heteroatoms. The Morgan fingerprint density at radius 1 is 1.04 bits per heavy atom. The largest absolute Gasteiger partial charge is 0.423 e. The number of rotatable bonds is 10. The minimum atomic E-state index is -0.429. The molecule has 0 aromatic heterocycles. The van der Waals surface area contributed by atoms with Crippen molar-refractivity contribution in [1.29, 1.82) is 0 Å². The van der Waals surface area contributed by atoms with Crippen molar-refractivity contribution >= 4 is 29.4 Å². The molecule has 2 aromatic carbocycles. The van der Waals surface area contributed by atoms with Gasteiger partial charge in [0.2, 0.25) is 0 Å². The van der Waals surface area contributed by atoms with Gasteiger partial charge >= 0.3 is 5.97 Å². The van der Waals surface area contributed by atoms with Crippen LogP contribution in [-0.2, 0) is 4.74 Å². The summed E-state index contributed by atoms with van der Waals surface area (Å²) in [5.41, 5.74) is 11.7. The van der Waals surface area contributed by atoms with E-state index >= 15 is 0 Å². The minimum absolute atomic E-state index is 0.0304. The van der Waals surface area contributed by atoms with Gasteiger partial charge in [-0.3, -0.25) is 0 Å². The van der Waals surface area contributed by atoms with Gasteiger partial charge in [0, 0.05) is 11.5 Å². The maximum Gasteiger partial charge on any atom is 0.343 e. The number of nitrogens with two attached hydrogens (primary N) is 2. The Morgan fingerprint density at radius 3 is 2.32 bits per heavy atom. The molecule has 0 aliphatic heterocycles. The van der Waals surface area contributed by atoms with Crippen LogP contribution in [0.2, 0.25) is 0 Å². The van der Waals surface area contributed by atoms with Crippen LogP contribution in [0.15, 0.2) is 58.4 Å². The van der Waals surface area contributed by atoms with Crippen LogP contribution >= 0.6 is 11.8 Å². The van der Waals surface area contributed by atoms with E-state index in [0.29, 0.717) is 23.1 Å². The first-order valence-corrected chi connectivity index (χ1v) is 10.2. The third-order valence-corrected chi connectivity index (χ3v) is 4.75. The molecular weight excluding hydrogens is 374 g/mol. The number of esters is 1. The lowest BCUT2D eigenvalue weighted by molar-refractivity contribution is 0.0734. The third-order valence-electron chi connectivity index (χ3n) is 3.65. The van der Waals surface area contributed by atoms with Crippen molar-refractivity contribution in [3.05, 3.63) is 54.1 Å². The Labute approximate surface area is 170 Å². The maximum atomic E-state index is 12.2. The molecule has 0 amide bonds. The smallest absolute Gasteiger partial charge is 0.343 e. The molecule has 28 heavy (non-hydrogen) atoms. The molecule has 0 spiro atoms. The lowest BCUT2D eigenvalue weighted by atomic mass is 10.2. The lowest BCUT2D eigenvalue weighted by Gasteiger charge is -2.07. The Hall–Kier alpha value is -2.51. The molecule has 0 fully saturated rings. The van der Waals surface area contributed by atoms with Crippen molar-refractivity contribution < 1.29 is 14.3 Å². The zero-order chi connectivity index (χ0) is 20.4. The van der Waals surface area contributed by atoms with E-state index in [1.165, 1.54) is 0 Å². The molecule has 0 radical (unpaired) electrons. The fraction of sp³-hybridized carbons (Fsp3) is 0.333. The van der Waals surface area contributed by atoms with Gasteiger partial charge in [-0.2, -0.15) is 0 Å². The number of carbonyl (C=O) groups is 1. The number of hydrogen-bond acceptors (Lipinski definition) is 5. The maximum absolute atomic E-state index is 12.2. The number of carbonyl (C=O) groups excluding carboxylic acids is 1. The summed E-state index contributed by atoms with van der Waals surface area (Å²) in [6, 6.07) is 14.1. The normalized spacial score (nSPS) is 10.7. The van der Waals surface area contributed by atoms with E-state index in [1.807, 2.05) is 26.0 Å².